The van der Waals surface area contributed by atoms with Gasteiger partial charge in [-0.2, -0.15) is 5.26 Å². The summed E-state index contributed by atoms with van der Waals surface area (Å²) < 4.78 is 0. The summed E-state index contributed by atoms with van der Waals surface area (Å²) in [5, 5.41) is 18.8. The van der Waals surface area contributed by atoms with Gasteiger partial charge in [0, 0.05) is 18.1 Å². The van der Waals surface area contributed by atoms with Crippen LogP contribution in [0.1, 0.15) is 37.8 Å². The van der Waals surface area contributed by atoms with E-state index < -0.39 is 0 Å². The molecule has 5 nitrogen and oxygen atoms in total. The van der Waals surface area contributed by atoms with Gasteiger partial charge < -0.3 is 4.90 Å². The number of halogens is 1. The fourth-order valence-electron chi connectivity index (χ4n) is 2.94. The third-order valence-corrected chi connectivity index (χ3v) is 4.47. The smallest absolute Gasteiger partial charge is 0.207 e. The highest BCUT2D eigenvalue weighted by molar-refractivity contribution is 6.30. The van der Waals surface area contributed by atoms with E-state index in [9.17, 15) is 5.26 Å². The molecule has 6 heteroatoms. The molecule has 1 aromatic heterocycles. The first kappa shape index (κ1) is 14.9. The van der Waals surface area contributed by atoms with Crippen molar-refractivity contribution in [2.45, 2.75) is 38.1 Å². The second-order valence-corrected chi connectivity index (χ2v) is 6.09. The van der Waals surface area contributed by atoms with E-state index in [4.69, 9.17) is 11.6 Å². The fourth-order valence-corrected chi connectivity index (χ4v) is 3.07. The quantitative estimate of drug-likeness (QED) is 0.869. The molecule has 0 aliphatic heterocycles. The van der Waals surface area contributed by atoms with Crippen LogP contribution in [0.4, 0.5) is 5.82 Å². The van der Waals surface area contributed by atoms with Crippen LogP contribution in [0.25, 0.3) is 5.69 Å². The summed E-state index contributed by atoms with van der Waals surface area (Å²) in [6, 6.07) is 9.86. The van der Waals surface area contributed by atoms with Gasteiger partial charge in [-0.3, -0.25) is 0 Å². The van der Waals surface area contributed by atoms with Crippen LogP contribution in [0.3, 0.4) is 0 Å². The predicted molar refractivity (Wildman–Crippen MR) is 86.4 cm³/mol. The molecule has 3 rings (SSSR count). The Labute approximate surface area is 135 Å². The van der Waals surface area contributed by atoms with E-state index in [1.54, 1.807) is 12.1 Å². The Kier molecular flexibility index (Phi) is 4.30. The minimum atomic E-state index is 0.364. The Morgan fingerprint density at radius 2 is 1.86 bits per heavy atom. The van der Waals surface area contributed by atoms with Gasteiger partial charge in [0.25, 0.3) is 0 Å². The molecule has 1 aliphatic carbocycles. The lowest BCUT2D eigenvalue weighted by atomic mass is 9.94. The van der Waals surface area contributed by atoms with E-state index in [2.05, 4.69) is 21.2 Å². The number of aromatic nitrogens is 3. The average molecular weight is 316 g/mol. The van der Waals surface area contributed by atoms with E-state index in [1.165, 1.54) is 24.1 Å². The minimum absolute atomic E-state index is 0.364. The molecule has 22 heavy (non-hydrogen) atoms. The number of hydrogen-bond acceptors (Lipinski definition) is 4. The molecule has 0 bridgehead atoms. The Balaban J connectivity index is 1.91. The lowest BCUT2D eigenvalue weighted by Gasteiger charge is -2.31. The van der Waals surface area contributed by atoms with Gasteiger partial charge in [0.05, 0.1) is 5.69 Å². The highest BCUT2D eigenvalue weighted by Gasteiger charge is 2.24. The molecule has 1 aliphatic rings. The molecular weight excluding hydrogens is 298 g/mol. The molecular formula is C16H18ClN5. The minimum Gasteiger partial charge on any atom is -0.353 e. The van der Waals surface area contributed by atoms with Gasteiger partial charge in [-0.1, -0.05) is 30.9 Å². The maximum absolute atomic E-state index is 9.36. The van der Waals surface area contributed by atoms with Crippen LogP contribution in [0.5, 0.6) is 0 Å². The van der Waals surface area contributed by atoms with E-state index in [-0.39, 0.29) is 0 Å². The van der Waals surface area contributed by atoms with Crippen molar-refractivity contribution in [1.82, 2.24) is 15.0 Å². The summed E-state index contributed by atoms with van der Waals surface area (Å²) in [7, 11) is 2.01. The summed E-state index contributed by atoms with van der Waals surface area (Å²) in [5.41, 5.74) is 1.16. The average Bonchev–Trinajstić information content (AvgIpc) is 3.00. The number of anilines is 1. The SMILES string of the molecule is CN(c1nn(-c2ccc(Cl)cc2)nc1C#N)C1CCCCC1. The van der Waals surface area contributed by atoms with Crippen molar-refractivity contribution in [2.24, 2.45) is 0 Å². The second kappa shape index (κ2) is 6.37. The van der Waals surface area contributed by atoms with Crippen LogP contribution in [-0.4, -0.2) is 28.1 Å². The standard InChI is InChI=1S/C16H18ClN5/c1-21(13-5-3-2-4-6-13)16-15(11-18)19-22(20-16)14-9-7-12(17)8-10-14/h7-10,13H,2-6H2,1H3. The monoisotopic (exact) mass is 315 g/mol. The molecule has 0 N–H and O–H groups in total. The van der Waals surface area contributed by atoms with Gasteiger partial charge in [-0.05, 0) is 37.1 Å². The summed E-state index contributed by atoms with van der Waals surface area (Å²) >= 11 is 5.90. The highest BCUT2D eigenvalue weighted by atomic mass is 35.5. The summed E-state index contributed by atoms with van der Waals surface area (Å²) in [5.74, 6) is 0.657. The van der Waals surface area contributed by atoms with Crippen molar-refractivity contribution in [3.63, 3.8) is 0 Å². The van der Waals surface area contributed by atoms with Crippen molar-refractivity contribution in [1.29, 1.82) is 5.26 Å². The maximum Gasteiger partial charge on any atom is 0.207 e. The van der Waals surface area contributed by atoms with Crippen LogP contribution >= 0.6 is 11.6 Å². The van der Waals surface area contributed by atoms with Crippen molar-refractivity contribution < 1.29 is 0 Å². The zero-order valence-electron chi connectivity index (χ0n) is 12.5. The molecule has 0 atom stereocenters. The first-order valence-electron chi connectivity index (χ1n) is 7.55. The first-order chi connectivity index (χ1) is 10.7. The Morgan fingerprint density at radius 3 is 2.50 bits per heavy atom. The lowest BCUT2D eigenvalue weighted by molar-refractivity contribution is 0.425. The normalized spacial score (nSPS) is 15.5. The molecule has 0 radical (unpaired) electrons. The largest absolute Gasteiger partial charge is 0.353 e. The molecule has 114 valence electrons. The molecule has 1 heterocycles. The van der Waals surface area contributed by atoms with Gasteiger partial charge in [0.1, 0.15) is 6.07 Å². The van der Waals surface area contributed by atoms with Crippen molar-refractivity contribution in [3.8, 4) is 11.8 Å². The molecule has 0 spiro atoms. The molecule has 1 aromatic carbocycles. The summed E-state index contributed by atoms with van der Waals surface area (Å²) in [4.78, 5) is 3.61. The molecule has 0 saturated heterocycles. The van der Waals surface area contributed by atoms with E-state index in [1.807, 2.05) is 19.2 Å². The number of rotatable bonds is 3. The van der Waals surface area contributed by atoms with Gasteiger partial charge >= 0.3 is 0 Å². The Morgan fingerprint density at radius 1 is 1.18 bits per heavy atom. The second-order valence-electron chi connectivity index (χ2n) is 5.65. The number of nitrogens with zero attached hydrogens (tertiary/aromatic N) is 5. The van der Waals surface area contributed by atoms with Crippen molar-refractivity contribution in [2.75, 3.05) is 11.9 Å². The van der Waals surface area contributed by atoms with E-state index in [0.29, 0.717) is 22.6 Å². The third kappa shape index (κ3) is 2.93. The van der Waals surface area contributed by atoms with Gasteiger partial charge in [0.15, 0.2) is 5.82 Å². The number of benzene rings is 1. The summed E-state index contributed by atoms with van der Waals surface area (Å²) in [6.07, 6.45) is 6.07. The fraction of sp³-hybridized carbons (Fsp3) is 0.438. The molecule has 2 aromatic rings. The Bertz CT molecular complexity index is 680. The van der Waals surface area contributed by atoms with Gasteiger partial charge in [-0.15, -0.1) is 15.0 Å². The van der Waals surface area contributed by atoms with Gasteiger partial charge in [-0.25, -0.2) is 0 Å². The molecule has 0 unspecified atom stereocenters. The Hall–Kier alpha value is -2.06. The highest BCUT2D eigenvalue weighted by Crippen LogP contribution is 2.27. The number of nitriles is 1. The zero-order chi connectivity index (χ0) is 15.5. The number of hydrogen-bond donors (Lipinski definition) is 0. The van der Waals surface area contributed by atoms with Crippen LogP contribution < -0.4 is 4.90 Å². The van der Waals surface area contributed by atoms with Crippen LogP contribution in [0.15, 0.2) is 24.3 Å². The molecule has 0 amide bonds. The van der Waals surface area contributed by atoms with Crippen LogP contribution in [-0.2, 0) is 0 Å². The zero-order valence-corrected chi connectivity index (χ0v) is 13.3. The molecule has 1 saturated carbocycles. The first-order valence-corrected chi connectivity index (χ1v) is 7.93. The predicted octanol–water partition coefficient (Wildman–Crippen LogP) is 3.56. The van der Waals surface area contributed by atoms with Crippen LogP contribution in [0, 0.1) is 11.3 Å². The van der Waals surface area contributed by atoms with Gasteiger partial charge in [0.2, 0.25) is 5.69 Å². The topological polar surface area (TPSA) is 57.7 Å². The van der Waals surface area contributed by atoms with Crippen LogP contribution in [0.2, 0.25) is 5.02 Å². The van der Waals surface area contributed by atoms with E-state index >= 15 is 0 Å². The molecule has 1 fully saturated rings. The van der Waals surface area contributed by atoms with Crippen molar-refractivity contribution in [3.05, 3.63) is 35.0 Å². The third-order valence-electron chi connectivity index (χ3n) is 4.22. The lowest BCUT2D eigenvalue weighted by Crippen LogP contribution is -2.34. The van der Waals surface area contributed by atoms with E-state index in [0.717, 1.165) is 18.5 Å². The van der Waals surface area contributed by atoms with Crippen molar-refractivity contribution >= 4 is 17.4 Å². The summed E-state index contributed by atoms with van der Waals surface area (Å²) in [6.45, 7) is 0. The maximum atomic E-state index is 9.36.